The number of aliphatic hydroxyl groups is 1. The van der Waals surface area contributed by atoms with Crippen LogP contribution in [0.25, 0.3) is 0 Å². The van der Waals surface area contributed by atoms with Gasteiger partial charge in [-0.3, -0.25) is 9.65 Å². The monoisotopic (exact) mass is 964 g/mol. The molecule has 21 nitrogen and oxygen atoms in total. The summed E-state index contributed by atoms with van der Waals surface area (Å²) in [6.45, 7) is 9.76. The lowest BCUT2D eigenvalue weighted by Gasteiger charge is -2.41. The van der Waals surface area contributed by atoms with Gasteiger partial charge in [-0.2, -0.15) is 0 Å². The van der Waals surface area contributed by atoms with Crippen LogP contribution in [0.5, 0.6) is 0 Å². The van der Waals surface area contributed by atoms with E-state index < -0.39 is 72.4 Å². The average Bonchev–Trinajstić information content (AvgIpc) is 3.75. The van der Waals surface area contributed by atoms with Gasteiger partial charge in [0.05, 0.1) is 59.8 Å². The molecule has 16 atom stereocenters. The highest BCUT2D eigenvalue weighted by molar-refractivity contribution is 7.82. The van der Waals surface area contributed by atoms with Crippen molar-refractivity contribution in [1.82, 2.24) is 14.4 Å². The highest BCUT2D eigenvalue weighted by atomic mass is 31.2. The quantitative estimate of drug-likeness (QED) is 0.0846. The molecular formula is C33H70B4N3O18P4-3. The molecule has 4 heterocycles. The van der Waals surface area contributed by atoms with Gasteiger partial charge in [0, 0.05) is 99.2 Å². The van der Waals surface area contributed by atoms with Crippen molar-refractivity contribution in [3.63, 3.8) is 0 Å². The fourth-order valence-corrected chi connectivity index (χ4v) is 9.95. The van der Waals surface area contributed by atoms with Gasteiger partial charge in [0.15, 0.2) is 6.29 Å². The Morgan fingerprint density at radius 3 is 1.89 bits per heavy atom. The van der Waals surface area contributed by atoms with Crippen molar-refractivity contribution >= 4 is 60.9 Å². The van der Waals surface area contributed by atoms with Crippen molar-refractivity contribution < 1.29 is 84.8 Å². The first-order valence-electron chi connectivity index (χ1n) is 19.5. The minimum atomic E-state index is -3.95. The lowest BCUT2D eigenvalue weighted by atomic mass is 9.93. The fourth-order valence-electron chi connectivity index (χ4n) is 6.36. The Morgan fingerprint density at radius 1 is 0.806 bits per heavy atom. The van der Waals surface area contributed by atoms with E-state index in [0.717, 1.165) is 19.8 Å². The van der Waals surface area contributed by atoms with Crippen LogP contribution in [0.15, 0.2) is 0 Å². The summed E-state index contributed by atoms with van der Waals surface area (Å²) in [7, 11) is 14.4. The summed E-state index contributed by atoms with van der Waals surface area (Å²) in [5.41, 5.74) is 0. The Kier molecular flexibility index (Phi) is 28.1. The van der Waals surface area contributed by atoms with E-state index in [1.807, 2.05) is 11.6 Å². The zero-order chi connectivity index (χ0) is 47.6. The molecule has 0 aromatic rings. The second-order valence-corrected chi connectivity index (χ2v) is 22.8. The summed E-state index contributed by atoms with van der Waals surface area (Å²) >= 11 is 0. The smallest absolute Gasteiger partial charge is 0.213 e. The van der Waals surface area contributed by atoms with Crippen molar-refractivity contribution in [1.29, 1.82) is 0 Å². The molecule has 9 unspecified atom stereocenters. The van der Waals surface area contributed by atoms with Gasteiger partial charge in [0.1, 0.15) is 55.6 Å². The second-order valence-electron chi connectivity index (χ2n) is 15.0. The summed E-state index contributed by atoms with van der Waals surface area (Å²) in [5.74, 6) is 0. The molecule has 0 bridgehead atoms. The molecule has 6 radical (unpaired) electrons. The first-order valence-corrected chi connectivity index (χ1v) is 27.3. The molecule has 4 aliphatic rings. The normalized spacial score (nSPS) is 35.2. The standard InChI is InChI=1S/C10H20BO7P.C8H18BN2O3P.C8H19BO4P.C7H15BNO4P/c1-15-6-7-8(18-19(2,13)14)9(10(11)17-7)16-5-3-4-12;1-10(2)15(4,12)11-5-7(9)14-8(6-11)13-3;1-6-4-7(13-14(3,9)10)8(12-6)5-11-2;1-12-4-6-5(3-7(8)13-6)9-14(2,10)11/h7-10,12H,3-6H2,1-2H3,(H,13,14);7-8H,5-6H2,1-4H3;6-8H,4-5H2,1-3,9H3;5-7H,3-4H2,1-2H3,(H2,9,10,11)/q;;-1;/p-2/t7-,8?,9+,10-;;6-,7?,8+,14?;5?,6-,7-/m1.01/s1. The number of aliphatic hydroxyl groups excluding tert-OH is 1. The van der Waals surface area contributed by atoms with E-state index in [0.29, 0.717) is 39.1 Å². The summed E-state index contributed by atoms with van der Waals surface area (Å²) < 4.78 is 107. The zero-order valence-corrected chi connectivity index (χ0v) is 40.9. The van der Waals surface area contributed by atoms with E-state index >= 15 is 0 Å². The van der Waals surface area contributed by atoms with Crippen LogP contribution in [0.2, 0.25) is 0 Å². The molecule has 4 fully saturated rings. The minimum absolute atomic E-state index is 0.0241. The molecule has 4 rings (SSSR count). The van der Waals surface area contributed by atoms with Crippen molar-refractivity contribution in [2.45, 2.75) is 99.3 Å². The highest BCUT2D eigenvalue weighted by Gasteiger charge is 2.45. The van der Waals surface area contributed by atoms with Gasteiger partial charge in [-0.05, 0) is 47.2 Å². The van der Waals surface area contributed by atoms with Crippen LogP contribution in [0.3, 0.4) is 0 Å². The fraction of sp³-hybridized carbons (Fsp3) is 1.00. The van der Waals surface area contributed by atoms with Crippen molar-refractivity contribution in [3.05, 3.63) is 0 Å². The first kappa shape index (κ1) is 60.5. The highest BCUT2D eigenvalue weighted by Crippen LogP contribution is 2.48. The number of nitrogens with zero attached hydrogens (tertiary/aromatic N) is 2. The number of rotatable bonds is 19. The third kappa shape index (κ3) is 23.5. The van der Waals surface area contributed by atoms with Gasteiger partial charge < -0.3 is 80.3 Å². The van der Waals surface area contributed by atoms with Gasteiger partial charge in [-0.1, -0.05) is 0 Å². The first-order chi connectivity index (χ1) is 28.6. The minimum Gasteiger partial charge on any atom is -0.788 e. The molecule has 2 N–H and O–H groups in total. The Labute approximate surface area is 373 Å². The lowest BCUT2D eigenvalue weighted by Crippen LogP contribution is -2.48. The molecule has 0 aromatic carbocycles. The van der Waals surface area contributed by atoms with Crippen molar-refractivity contribution in [3.8, 4) is 0 Å². The molecule has 62 heavy (non-hydrogen) atoms. The maximum Gasteiger partial charge on any atom is 0.213 e. The van der Waals surface area contributed by atoms with Crippen LogP contribution in [0.4, 0.5) is 0 Å². The topological polar surface area (TPSA) is 255 Å². The van der Waals surface area contributed by atoms with Gasteiger partial charge >= 0.3 is 0 Å². The second kappa shape index (κ2) is 28.7. The molecule has 0 spiro atoms. The SMILES string of the molecule is [BH3-]P(C)(=O)OC1C[C@H](C)O[C@@H]1COC.[B]C1CN(P(C)(=O)N(C)C)CC(OC)O1.[B][C@@H]1O[C@H](COC)C(OP(C)(=O)[O-])[C@@H]1OCCCO.[B][C@H]1CC(NP(C)(=O)[O-])[C@@H](COC)O1. The Balaban J connectivity index is 0.000000417. The maximum atomic E-state index is 12.4. The van der Waals surface area contributed by atoms with E-state index in [9.17, 15) is 28.0 Å². The van der Waals surface area contributed by atoms with Gasteiger partial charge in [-0.25, -0.2) is 9.34 Å². The van der Waals surface area contributed by atoms with Crippen molar-refractivity contribution in [2.24, 2.45) is 0 Å². The van der Waals surface area contributed by atoms with E-state index in [2.05, 4.69) is 5.09 Å². The Bertz CT molecular complexity index is 1410. The predicted octanol–water partition coefficient (Wildman–Crippen LogP) is -1.53. The van der Waals surface area contributed by atoms with E-state index in [-0.39, 0.29) is 57.8 Å². The van der Waals surface area contributed by atoms with Gasteiger partial charge in [0.25, 0.3) is 0 Å². The van der Waals surface area contributed by atoms with Gasteiger partial charge in [0.2, 0.25) is 7.44 Å². The van der Waals surface area contributed by atoms with Gasteiger partial charge in [-0.15, -0.1) is 0 Å². The third-order valence-electron chi connectivity index (χ3n) is 9.23. The largest absolute Gasteiger partial charge is 0.788 e. The number of nitrogens with one attached hydrogen (secondary N) is 1. The maximum absolute atomic E-state index is 12.4. The van der Waals surface area contributed by atoms with E-state index in [4.69, 9.17) is 80.3 Å². The van der Waals surface area contributed by atoms with E-state index in [1.165, 1.54) is 14.2 Å². The Morgan fingerprint density at radius 2 is 1.39 bits per heavy atom. The number of hydrogen-bond acceptors (Lipinski definition) is 18. The summed E-state index contributed by atoms with van der Waals surface area (Å²) in [6, 6.07) is -1.94. The lowest BCUT2D eigenvalue weighted by molar-refractivity contribution is -0.205. The molecule has 0 saturated carbocycles. The van der Waals surface area contributed by atoms with Crippen molar-refractivity contribution in [2.75, 3.05) is 115 Å². The number of ether oxygens (including phenoxy) is 9. The number of morpholine rings is 1. The van der Waals surface area contributed by atoms with E-state index in [1.54, 1.807) is 46.3 Å². The van der Waals surface area contributed by atoms with Crippen LogP contribution in [-0.4, -0.2) is 234 Å². The van der Waals surface area contributed by atoms with Crippen LogP contribution in [0, 0.1) is 0 Å². The number of hydrogen-bond donors (Lipinski definition) is 2. The molecular weight excluding hydrogens is 894 g/mol. The zero-order valence-electron chi connectivity index (χ0n) is 37.3. The number of methoxy groups -OCH3 is 4. The summed E-state index contributed by atoms with van der Waals surface area (Å²) in [5, 5.41) is 11.2. The molecule has 0 aliphatic carbocycles. The van der Waals surface area contributed by atoms with Crippen LogP contribution >= 0.6 is 29.8 Å². The molecule has 0 amide bonds. The summed E-state index contributed by atoms with van der Waals surface area (Å²) in [4.78, 5) is 22.3. The van der Waals surface area contributed by atoms with Crippen LogP contribution in [0.1, 0.15) is 26.2 Å². The van der Waals surface area contributed by atoms with Crippen LogP contribution < -0.4 is 14.9 Å². The third-order valence-corrected chi connectivity index (χ3v) is 14.1. The molecule has 360 valence electrons. The molecule has 4 aliphatic heterocycles. The molecule has 4 saturated heterocycles. The molecule has 0 aromatic heterocycles. The van der Waals surface area contributed by atoms with Crippen LogP contribution in [-0.2, 0) is 69.9 Å². The Hall–Kier alpha value is 0.500. The molecule has 29 heteroatoms. The predicted molar refractivity (Wildman–Crippen MR) is 237 cm³/mol. The average molecular weight is 964 g/mol. The summed E-state index contributed by atoms with van der Waals surface area (Å²) in [6.07, 6.45) is -1.01.